The van der Waals surface area contributed by atoms with Gasteiger partial charge in [0, 0.05) is 38.3 Å². The van der Waals surface area contributed by atoms with E-state index in [4.69, 9.17) is 9.47 Å². The molecule has 0 spiro atoms. The largest absolute Gasteiger partial charge is 0.427 e. The van der Waals surface area contributed by atoms with E-state index in [0.717, 1.165) is 23.0 Å². The van der Waals surface area contributed by atoms with Crippen LogP contribution in [0.2, 0.25) is 0 Å². The van der Waals surface area contributed by atoms with E-state index in [2.05, 4.69) is 5.32 Å². The number of benzene rings is 2. The lowest BCUT2D eigenvalue weighted by atomic mass is 9.96. The Morgan fingerprint density at radius 3 is 2.16 bits per heavy atom. The number of anilines is 2. The number of thioether (sulfide) groups is 1. The number of amides is 1. The molecule has 10 heteroatoms. The van der Waals surface area contributed by atoms with Gasteiger partial charge in [-0.15, -0.1) is 12.4 Å². The van der Waals surface area contributed by atoms with E-state index in [-0.39, 0.29) is 34.9 Å². The lowest BCUT2D eigenvalue weighted by Crippen LogP contribution is -2.31. The Kier molecular flexibility index (Phi) is 12.1. The second kappa shape index (κ2) is 14.0. The van der Waals surface area contributed by atoms with Crippen LogP contribution in [0, 0.1) is 5.41 Å². The molecule has 0 saturated heterocycles. The molecule has 1 amide bonds. The summed E-state index contributed by atoms with van der Waals surface area (Å²) < 4.78 is 9.99. The van der Waals surface area contributed by atoms with Crippen LogP contribution >= 0.6 is 24.2 Å². The molecule has 0 radical (unpaired) electrons. The molecule has 2 aromatic carbocycles. The van der Waals surface area contributed by atoms with Crippen molar-refractivity contribution in [1.29, 1.82) is 0 Å². The van der Waals surface area contributed by atoms with E-state index in [0.29, 0.717) is 5.69 Å². The molecule has 2 rings (SSSR count). The fraction of sp³-hybridized carbons (Fsp3) is 0.407. The van der Waals surface area contributed by atoms with Crippen molar-refractivity contribution >= 4 is 58.5 Å². The molecule has 0 aliphatic rings. The second-order valence-electron chi connectivity index (χ2n) is 9.61. The number of nitrogens with one attached hydrogen (secondary N) is 1. The Bertz CT molecular complexity index is 1100. The van der Waals surface area contributed by atoms with Gasteiger partial charge in [-0.25, -0.2) is 4.79 Å². The Morgan fingerprint density at radius 1 is 1.00 bits per heavy atom. The van der Waals surface area contributed by atoms with E-state index in [1.54, 1.807) is 32.9 Å². The molecule has 0 bridgehead atoms. The van der Waals surface area contributed by atoms with Crippen molar-refractivity contribution in [2.24, 2.45) is 5.41 Å². The lowest BCUT2D eigenvalue weighted by molar-refractivity contribution is -0.161. The van der Waals surface area contributed by atoms with Crippen molar-refractivity contribution in [2.75, 3.05) is 31.1 Å². The lowest BCUT2D eigenvalue weighted by Gasteiger charge is -2.23. The first kappa shape index (κ1) is 32.0. The maximum absolute atomic E-state index is 13.2. The molecule has 8 nitrogen and oxygen atoms in total. The summed E-state index contributed by atoms with van der Waals surface area (Å²) in [5, 5.41) is 1.95. The minimum absolute atomic E-state index is 0. The van der Waals surface area contributed by atoms with Gasteiger partial charge in [0.25, 0.3) is 0 Å². The van der Waals surface area contributed by atoms with Crippen LogP contribution in [0.5, 0.6) is 0 Å². The third-order valence-electron chi connectivity index (χ3n) is 5.30. The van der Waals surface area contributed by atoms with Gasteiger partial charge in [-0.05, 0) is 56.7 Å². The summed E-state index contributed by atoms with van der Waals surface area (Å²) in [6.45, 7) is 7.91. The first-order valence-electron chi connectivity index (χ1n) is 11.5. The number of nitrogens with zero attached hydrogens (tertiary/aromatic N) is 1. The number of carbonyl (C=O) groups excluding carboxylic acids is 4. The zero-order valence-corrected chi connectivity index (χ0v) is 23.8. The highest BCUT2D eigenvalue weighted by molar-refractivity contribution is 8.14. The molecule has 0 fully saturated rings. The van der Waals surface area contributed by atoms with Crippen molar-refractivity contribution in [3.63, 3.8) is 0 Å². The predicted molar refractivity (Wildman–Crippen MR) is 149 cm³/mol. The third-order valence-corrected chi connectivity index (χ3v) is 6.51. The van der Waals surface area contributed by atoms with Crippen LogP contribution in [0.15, 0.2) is 48.5 Å². The second-order valence-corrected chi connectivity index (χ2v) is 10.9. The fourth-order valence-corrected chi connectivity index (χ4v) is 4.07. The molecule has 37 heavy (non-hydrogen) atoms. The van der Waals surface area contributed by atoms with Gasteiger partial charge in [-0.1, -0.05) is 36.9 Å². The van der Waals surface area contributed by atoms with Crippen LogP contribution in [-0.4, -0.2) is 49.1 Å². The summed E-state index contributed by atoms with van der Waals surface area (Å²) in [5.74, 6) is -1.79. The number of hydrogen-bond donors (Lipinski definition) is 1. The zero-order valence-electron chi connectivity index (χ0n) is 22.2. The number of carbonyl (C=O) groups is 4. The standard InChI is InChI=1S/C27H34N2O6S.ClH/c1-17(19-11-13-22(14-12-19)29(6)7)23(36-18(2)30)24(31)28-21-10-8-9-20(15-21)25(32)34-16-35-26(33)27(3,4)5;/h8-15,17,23H,16H2,1-7H3,(H,28,31);1H. The topological polar surface area (TPSA) is 102 Å². The number of hydrogen-bond acceptors (Lipinski definition) is 8. The van der Waals surface area contributed by atoms with Crippen LogP contribution in [0.3, 0.4) is 0 Å². The Labute approximate surface area is 228 Å². The first-order chi connectivity index (χ1) is 16.8. The van der Waals surface area contributed by atoms with Crippen LogP contribution in [-0.2, 0) is 23.9 Å². The third kappa shape index (κ3) is 9.74. The average Bonchev–Trinajstić information content (AvgIpc) is 2.81. The maximum atomic E-state index is 13.2. The van der Waals surface area contributed by atoms with Crippen molar-refractivity contribution in [2.45, 2.75) is 45.8 Å². The van der Waals surface area contributed by atoms with Gasteiger partial charge < -0.3 is 19.7 Å². The molecule has 0 aliphatic carbocycles. The summed E-state index contributed by atoms with van der Waals surface area (Å²) in [5.41, 5.74) is 1.81. The van der Waals surface area contributed by atoms with E-state index >= 15 is 0 Å². The van der Waals surface area contributed by atoms with Crippen LogP contribution in [0.4, 0.5) is 11.4 Å². The van der Waals surface area contributed by atoms with E-state index in [1.807, 2.05) is 50.2 Å². The molecule has 0 aromatic heterocycles. The molecule has 202 valence electrons. The summed E-state index contributed by atoms with van der Waals surface area (Å²) >= 11 is 0.965. The van der Waals surface area contributed by atoms with Gasteiger partial charge >= 0.3 is 11.9 Å². The van der Waals surface area contributed by atoms with Gasteiger partial charge in [-0.2, -0.15) is 0 Å². The number of esters is 2. The average molecular weight is 551 g/mol. The molecule has 2 atom stereocenters. The molecule has 0 heterocycles. The van der Waals surface area contributed by atoms with Gasteiger partial charge in [0.2, 0.25) is 12.7 Å². The number of ether oxygens (including phenoxy) is 2. The molecule has 0 saturated carbocycles. The highest BCUT2D eigenvalue weighted by atomic mass is 35.5. The molecular formula is C27H35ClN2O6S. The fourth-order valence-electron chi connectivity index (χ4n) is 3.19. The van der Waals surface area contributed by atoms with Crippen molar-refractivity contribution in [3.05, 3.63) is 59.7 Å². The van der Waals surface area contributed by atoms with Crippen LogP contribution < -0.4 is 10.2 Å². The summed E-state index contributed by atoms with van der Waals surface area (Å²) in [4.78, 5) is 51.3. The zero-order chi connectivity index (χ0) is 27.0. The van der Waals surface area contributed by atoms with Gasteiger partial charge in [0.15, 0.2) is 5.12 Å². The Morgan fingerprint density at radius 2 is 1.62 bits per heavy atom. The Hall–Kier alpha value is -3.04. The van der Waals surface area contributed by atoms with Gasteiger partial charge in [0.1, 0.15) is 0 Å². The summed E-state index contributed by atoms with van der Waals surface area (Å²) in [6, 6.07) is 14.1. The SMILES string of the molecule is CC(=O)SC(C(=O)Nc1cccc(C(=O)OCOC(=O)C(C)(C)C)c1)C(C)c1ccc(N(C)C)cc1.Cl. The van der Waals surface area contributed by atoms with E-state index in [9.17, 15) is 19.2 Å². The highest BCUT2D eigenvalue weighted by Crippen LogP contribution is 2.31. The summed E-state index contributed by atoms with van der Waals surface area (Å²) in [7, 11) is 3.89. The quantitative estimate of drug-likeness (QED) is 0.333. The monoisotopic (exact) mass is 550 g/mol. The molecule has 2 unspecified atom stereocenters. The normalized spacial score (nSPS) is 12.4. The minimum Gasteiger partial charge on any atom is -0.427 e. The van der Waals surface area contributed by atoms with Crippen molar-refractivity contribution in [1.82, 2.24) is 0 Å². The van der Waals surface area contributed by atoms with Gasteiger partial charge in [0.05, 0.1) is 16.2 Å². The van der Waals surface area contributed by atoms with Crippen LogP contribution in [0.25, 0.3) is 0 Å². The Balaban J connectivity index is 0.00000684. The van der Waals surface area contributed by atoms with Crippen molar-refractivity contribution < 1.29 is 28.7 Å². The molecule has 1 N–H and O–H groups in total. The smallest absolute Gasteiger partial charge is 0.341 e. The summed E-state index contributed by atoms with van der Waals surface area (Å²) in [6.07, 6.45) is 0. The number of rotatable bonds is 9. The molecule has 2 aromatic rings. The van der Waals surface area contributed by atoms with E-state index in [1.165, 1.54) is 19.1 Å². The van der Waals surface area contributed by atoms with Crippen molar-refractivity contribution in [3.8, 4) is 0 Å². The van der Waals surface area contributed by atoms with Gasteiger partial charge in [-0.3, -0.25) is 14.4 Å². The van der Waals surface area contributed by atoms with E-state index < -0.39 is 29.4 Å². The molecular weight excluding hydrogens is 516 g/mol. The highest BCUT2D eigenvalue weighted by Gasteiger charge is 2.29. The molecule has 0 aliphatic heterocycles. The van der Waals surface area contributed by atoms with Crippen LogP contribution in [0.1, 0.15) is 56.5 Å². The first-order valence-corrected chi connectivity index (χ1v) is 12.4. The predicted octanol–water partition coefficient (Wildman–Crippen LogP) is 5.27. The minimum atomic E-state index is -0.712. The number of halogens is 1. The maximum Gasteiger partial charge on any atom is 0.341 e.